The van der Waals surface area contributed by atoms with Crippen molar-refractivity contribution in [3.8, 4) is 0 Å². The Bertz CT molecular complexity index is 468. The molecule has 90 valence electrons. The van der Waals surface area contributed by atoms with E-state index < -0.39 is 21.7 Å². The minimum absolute atomic E-state index is 0.173. The van der Waals surface area contributed by atoms with Gasteiger partial charge in [0.15, 0.2) is 5.75 Å². The van der Waals surface area contributed by atoms with E-state index in [9.17, 15) is 13.2 Å². The molecule has 2 N–H and O–H groups in total. The van der Waals surface area contributed by atoms with Crippen LogP contribution in [0.25, 0.3) is 0 Å². The third-order valence-electron chi connectivity index (χ3n) is 1.64. The smallest absolute Gasteiger partial charge is 0.320 e. The molecule has 0 radical (unpaired) electrons. The third kappa shape index (κ3) is 4.93. The summed E-state index contributed by atoms with van der Waals surface area (Å²) >= 11 is 7.07. The SMILES string of the molecule is O=C(O)CS(=O)(=O)NCCc1ccc(Cl)s1. The second kappa shape index (κ2) is 5.62. The van der Waals surface area contributed by atoms with Crippen LogP contribution in [-0.2, 0) is 21.2 Å². The normalized spacial score (nSPS) is 11.6. The Morgan fingerprint density at radius 1 is 1.50 bits per heavy atom. The Kier molecular flexibility index (Phi) is 4.72. The molecule has 8 heteroatoms. The highest BCUT2D eigenvalue weighted by Crippen LogP contribution is 2.21. The highest BCUT2D eigenvalue weighted by Gasteiger charge is 2.14. The van der Waals surface area contributed by atoms with Crippen LogP contribution in [0.3, 0.4) is 0 Å². The predicted octanol–water partition coefficient (Wildman–Crippen LogP) is 0.948. The van der Waals surface area contributed by atoms with Gasteiger partial charge in [-0.25, -0.2) is 13.1 Å². The highest BCUT2D eigenvalue weighted by atomic mass is 35.5. The summed E-state index contributed by atoms with van der Waals surface area (Å²) in [5.74, 6) is -2.27. The van der Waals surface area contributed by atoms with Crippen LogP contribution in [-0.4, -0.2) is 31.8 Å². The molecule has 0 aromatic carbocycles. The molecular weight excluding hydrogens is 274 g/mol. The molecule has 0 fully saturated rings. The van der Waals surface area contributed by atoms with Gasteiger partial charge in [-0.3, -0.25) is 4.79 Å². The molecule has 0 saturated carbocycles. The summed E-state index contributed by atoms with van der Waals surface area (Å²) in [5, 5.41) is 8.33. The van der Waals surface area contributed by atoms with Crippen molar-refractivity contribution in [2.75, 3.05) is 12.3 Å². The maximum Gasteiger partial charge on any atom is 0.320 e. The van der Waals surface area contributed by atoms with Crippen LogP contribution in [0.1, 0.15) is 4.88 Å². The van der Waals surface area contributed by atoms with Gasteiger partial charge in [-0.05, 0) is 18.6 Å². The number of halogens is 1. The zero-order valence-corrected chi connectivity index (χ0v) is 10.5. The summed E-state index contributed by atoms with van der Waals surface area (Å²) in [6.45, 7) is 0.173. The largest absolute Gasteiger partial charge is 0.480 e. The van der Waals surface area contributed by atoms with E-state index in [0.717, 1.165) is 4.88 Å². The van der Waals surface area contributed by atoms with Crippen LogP contribution >= 0.6 is 22.9 Å². The van der Waals surface area contributed by atoms with E-state index in [2.05, 4.69) is 4.72 Å². The van der Waals surface area contributed by atoms with E-state index in [1.807, 2.05) is 0 Å². The summed E-state index contributed by atoms with van der Waals surface area (Å²) in [4.78, 5) is 11.2. The summed E-state index contributed by atoms with van der Waals surface area (Å²) in [7, 11) is -3.72. The molecule has 0 unspecified atom stereocenters. The van der Waals surface area contributed by atoms with E-state index in [1.54, 1.807) is 12.1 Å². The van der Waals surface area contributed by atoms with Crippen LogP contribution in [0.15, 0.2) is 12.1 Å². The fourth-order valence-electron chi connectivity index (χ4n) is 1.03. The molecular formula is C8H10ClNO4S2. The molecule has 0 bridgehead atoms. The van der Waals surface area contributed by atoms with Gasteiger partial charge < -0.3 is 5.11 Å². The molecule has 0 aliphatic heterocycles. The van der Waals surface area contributed by atoms with Gasteiger partial charge in [0.1, 0.15) is 0 Å². The lowest BCUT2D eigenvalue weighted by atomic mass is 10.3. The zero-order valence-electron chi connectivity index (χ0n) is 8.14. The number of carboxylic acids is 1. The highest BCUT2D eigenvalue weighted by molar-refractivity contribution is 7.90. The topological polar surface area (TPSA) is 83.5 Å². The molecule has 1 rings (SSSR count). The molecule has 0 spiro atoms. The molecule has 1 aromatic rings. The van der Waals surface area contributed by atoms with Gasteiger partial charge in [0.25, 0.3) is 0 Å². The molecule has 5 nitrogen and oxygen atoms in total. The molecule has 0 atom stereocenters. The quantitative estimate of drug-likeness (QED) is 0.814. The van der Waals surface area contributed by atoms with Gasteiger partial charge in [0, 0.05) is 11.4 Å². The molecule has 0 saturated heterocycles. The molecule has 16 heavy (non-hydrogen) atoms. The summed E-state index contributed by atoms with van der Waals surface area (Å²) in [6.07, 6.45) is 0.496. The first kappa shape index (κ1) is 13.4. The number of rotatable bonds is 6. The van der Waals surface area contributed by atoms with E-state index in [1.165, 1.54) is 11.3 Å². The van der Waals surface area contributed by atoms with Gasteiger partial charge in [-0.1, -0.05) is 11.6 Å². The van der Waals surface area contributed by atoms with Crippen molar-refractivity contribution < 1.29 is 18.3 Å². The molecule has 0 aliphatic carbocycles. The second-order valence-corrected chi connectivity index (χ2v) is 6.61. The van der Waals surface area contributed by atoms with Gasteiger partial charge in [0.2, 0.25) is 10.0 Å². The molecule has 1 heterocycles. The average molecular weight is 284 g/mol. The van der Waals surface area contributed by atoms with Crippen molar-refractivity contribution in [2.24, 2.45) is 0 Å². The standard InChI is InChI=1S/C8H10ClNO4S2/c9-7-2-1-6(15-7)3-4-10-16(13,14)5-8(11)12/h1-2,10H,3-5H2,(H,11,12). The lowest BCUT2D eigenvalue weighted by molar-refractivity contribution is -0.134. The maximum atomic E-state index is 11.1. The average Bonchev–Trinajstić information content (AvgIpc) is 2.48. The minimum Gasteiger partial charge on any atom is -0.480 e. The molecule has 0 aliphatic rings. The van der Waals surface area contributed by atoms with E-state index in [-0.39, 0.29) is 6.54 Å². The van der Waals surface area contributed by atoms with E-state index in [4.69, 9.17) is 16.7 Å². The number of carboxylic acid groups (broad SMARTS) is 1. The van der Waals surface area contributed by atoms with Gasteiger partial charge in [-0.15, -0.1) is 11.3 Å². The number of nitrogens with one attached hydrogen (secondary N) is 1. The number of hydrogen-bond donors (Lipinski definition) is 2. The van der Waals surface area contributed by atoms with E-state index >= 15 is 0 Å². The van der Waals surface area contributed by atoms with Crippen molar-refractivity contribution in [3.63, 3.8) is 0 Å². The first-order valence-electron chi connectivity index (χ1n) is 4.32. The fraction of sp³-hybridized carbons (Fsp3) is 0.375. The minimum atomic E-state index is -3.72. The summed E-state index contributed by atoms with van der Waals surface area (Å²) in [6, 6.07) is 3.53. The number of carbonyl (C=O) groups is 1. The van der Waals surface area contributed by atoms with Crippen LogP contribution in [0.4, 0.5) is 0 Å². The number of thiophene rings is 1. The number of sulfonamides is 1. The lowest BCUT2D eigenvalue weighted by Gasteiger charge is -2.02. The number of hydrogen-bond acceptors (Lipinski definition) is 4. The van der Waals surface area contributed by atoms with Crippen LogP contribution in [0, 0.1) is 0 Å². The van der Waals surface area contributed by atoms with Crippen LogP contribution in [0.5, 0.6) is 0 Å². The lowest BCUT2D eigenvalue weighted by Crippen LogP contribution is -2.31. The van der Waals surface area contributed by atoms with Crippen molar-refractivity contribution in [1.82, 2.24) is 4.72 Å². The maximum absolute atomic E-state index is 11.1. The third-order valence-corrected chi connectivity index (χ3v) is 4.20. The molecule has 0 amide bonds. The first-order valence-corrected chi connectivity index (χ1v) is 7.17. The number of aliphatic carboxylic acids is 1. The van der Waals surface area contributed by atoms with Crippen LogP contribution < -0.4 is 4.72 Å². The van der Waals surface area contributed by atoms with Crippen molar-refractivity contribution in [1.29, 1.82) is 0 Å². The second-order valence-electron chi connectivity index (χ2n) is 3.00. The van der Waals surface area contributed by atoms with Gasteiger partial charge >= 0.3 is 5.97 Å². The van der Waals surface area contributed by atoms with Crippen molar-refractivity contribution >= 4 is 38.9 Å². The van der Waals surface area contributed by atoms with Crippen molar-refractivity contribution in [2.45, 2.75) is 6.42 Å². The van der Waals surface area contributed by atoms with E-state index in [0.29, 0.717) is 10.8 Å². The van der Waals surface area contributed by atoms with Crippen molar-refractivity contribution in [3.05, 3.63) is 21.3 Å². The summed E-state index contributed by atoms with van der Waals surface area (Å²) in [5.41, 5.74) is 0. The fourth-order valence-corrected chi connectivity index (χ4v) is 2.96. The Morgan fingerprint density at radius 2 is 2.19 bits per heavy atom. The predicted molar refractivity (Wildman–Crippen MR) is 62.5 cm³/mol. The Hall–Kier alpha value is -0.630. The van der Waals surface area contributed by atoms with Gasteiger partial charge in [-0.2, -0.15) is 0 Å². The monoisotopic (exact) mass is 283 g/mol. The van der Waals surface area contributed by atoms with Gasteiger partial charge in [0.05, 0.1) is 4.34 Å². The van der Waals surface area contributed by atoms with Crippen LogP contribution in [0.2, 0.25) is 4.34 Å². The summed E-state index contributed by atoms with van der Waals surface area (Å²) < 4.78 is 25.1. The molecule has 1 aromatic heterocycles. The zero-order chi connectivity index (χ0) is 12.2. The Balaban J connectivity index is 2.38. The first-order chi connectivity index (χ1) is 7.39. The Morgan fingerprint density at radius 3 is 2.69 bits per heavy atom. The Labute approximate surface area is 102 Å².